The summed E-state index contributed by atoms with van der Waals surface area (Å²) in [7, 11) is 0. The Balaban J connectivity index is 2.91. The smallest absolute Gasteiger partial charge is 0.242 e. The Hall–Kier alpha value is -1.55. The first-order valence-corrected chi connectivity index (χ1v) is 6.23. The van der Waals surface area contributed by atoms with Crippen LogP contribution in [-0.4, -0.2) is 17.2 Å². The van der Waals surface area contributed by atoms with Crippen LogP contribution in [0.3, 0.4) is 0 Å². The van der Waals surface area contributed by atoms with Gasteiger partial charge in [-0.25, -0.2) is 0 Å². The lowest BCUT2D eigenvalue weighted by Crippen LogP contribution is -2.21. The van der Waals surface area contributed by atoms with Crippen LogP contribution in [0, 0.1) is 6.92 Å². The topological polar surface area (TPSA) is 58.2 Å². The van der Waals surface area contributed by atoms with Gasteiger partial charge in [0.25, 0.3) is 0 Å². The van der Waals surface area contributed by atoms with Gasteiger partial charge in [-0.1, -0.05) is 13.0 Å². The van der Waals surface area contributed by atoms with Gasteiger partial charge in [0.1, 0.15) is 5.38 Å². The summed E-state index contributed by atoms with van der Waals surface area (Å²) >= 11 is 5.70. The van der Waals surface area contributed by atoms with Crippen LogP contribution in [0.15, 0.2) is 18.2 Å². The van der Waals surface area contributed by atoms with Crippen LogP contribution in [0.5, 0.6) is 0 Å². The number of halogens is 1. The van der Waals surface area contributed by atoms with Gasteiger partial charge in [0.05, 0.1) is 0 Å². The number of nitrogens with one attached hydrogen (secondary N) is 2. The van der Waals surface area contributed by atoms with Crippen molar-refractivity contribution in [3.8, 4) is 0 Å². The van der Waals surface area contributed by atoms with Gasteiger partial charge in [0.15, 0.2) is 0 Å². The predicted octanol–water partition coefficient (Wildman–Crippen LogP) is 2.91. The standard InChI is InChI=1S/C13H17ClN2O2/c1-4-12(17)15-10-6-5-7-11(8(10)2)16-13(18)9(3)14/h5-7,9H,4H2,1-3H3,(H,15,17)(H,16,18). The number of rotatable bonds is 4. The van der Waals surface area contributed by atoms with Gasteiger partial charge < -0.3 is 10.6 Å². The van der Waals surface area contributed by atoms with E-state index in [0.717, 1.165) is 5.56 Å². The molecule has 98 valence electrons. The third-order valence-electron chi connectivity index (χ3n) is 2.55. The highest BCUT2D eigenvalue weighted by Crippen LogP contribution is 2.23. The molecule has 18 heavy (non-hydrogen) atoms. The molecule has 0 aliphatic heterocycles. The third-order valence-corrected chi connectivity index (χ3v) is 2.75. The molecule has 1 aromatic carbocycles. The van der Waals surface area contributed by atoms with E-state index in [-0.39, 0.29) is 11.8 Å². The van der Waals surface area contributed by atoms with E-state index in [4.69, 9.17) is 11.6 Å². The lowest BCUT2D eigenvalue weighted by molar-refractivity contribution is -0.116. The Bertz CT molecular complexity index is 458. The molecule has 0 radical (unpaired) electrons. The second-order valence-corrected chi connectivity index (χ2v) is 4.64. The molecule has 1 atom stereocenters. The molecule has 0 spiro atoms. The molecular formula is C13H17ClN2O2. The average molecular weight is 269 g/mol. The van der Waals surface area contributed by atoms with Crippen molar-refractivity contribution in [2.45, 2.75) is 32.6 Å². The van der Waals surface area contributed by atoms with Crippen LogP contribution in [0.4, 0.5) is 11.4 Å². The number of carbonyl (C=O) groups excluding carboxylic acids is 2. The predicted molar refractivity (Wildman–Crippen MR) is 74.0 cm³/mol. The zero-order chi connectivity index (χ0) is 13.7. The summed E-state index contributed by atoms with van der Waals surface area (Å²) < 4.78 is 0. The van der Waals surface area contributed by atoms with Crippen molar-refractivity contribution in [3.05, 3.63) is 23.8 Å². The summed E-state index contributed by atoms with van der Waals surface area (Å²) in [4.78, 5) is 22.9. The summed E-state index contributed by atoms with van der Waals surface area (Å²) in [5, 5.41) is 4.90. The summed E-state index contributed by atoms with van der Waals surface area (Å²) in [5.41, 5.74) is 2.16. The van der Waals surface area contributed by atoms with E-state index in [2.05, 4.69) is 10.6 Å². The molecule has 1 aromatic rings. The normalized spacial score (nSPS) is 11.8. The van der Waals surface area contributed by atoms with E-state index in [1.807, 2.05) is 6.92 Å². The van der Waals surface area contributed by atoms with Gasteiger partial charge in [-0.2, -0.15) is 0 Å². The van der Waals surface area contributed by atoms with Crippen LogP contribution in [0.1, 0.15) is 25.8 Å². The zero-order valence-electron chi connectivity index (χ0n) is 10.7. The van der Waals surface area contributed by atoms with Gasteiger partial charge in [0, 0.05) is 17.8 Å². The first-order chi connectivity index (χ1) is 8.45. The van der Waals surface area contributed by atoms with E-state index >= 15 is 0 Å². The molecule has 0 saturated carbocycles. The molecule has 5 heteroatoms. The molecule has 1 rings (SSSR count). The monoisotopic (exact) mass is 268 g/mol. The molecule has 0 aliphatic carbocycles. The van der Waals surface area contributed by atoms with E-state index in [9.17, 15) is 9.59 Å². The van der Waals surface area contributed by atoms with Crippen molar-refractivity contribution in [3.63, 3.8) is 0 Å². The summed E-state index contributed by atoms with van der Waals surface area (Å²) in [6.07, 6.45) is 0.411. The van der Waals surface area contributed by atoms with Crippen molar-refractivity contribution >= 4 is 34.8 Å². The van der Waals surface area contributed by atoms with Crippen LogP contribution < -0.4 is 10.6 Å². The number of carbonyl (C=O) groups is 2. The summed E-state index contributed by atoms with van der Waals surface area (Å²) in [6.45, 7) is 5.22. The van der Waals surface area contributed by atoms with Gasteiger partial charge in [0.2, 0.25) is 11.8 Å². The molecule has 0 fully saturated rings. The Morgan fingerprint density at radius 3 is 2.33 bits per heavy atom. The van der Waals surface area contributed by atoms with Crippen molar-refractivity contribution in [2.24, 2.45) is 0 Å². The Morgan fingerprint density at radius 2 is 1.83 bits per heavy atom. The first-order valence-electron chi connectivity index (χ1n) is 5.80. The summed E-state index contributed by atoms with van der Waals surface area (Å²) in [5.74, 6) is -0.328. The maximum Gasteiger partial charge on any atom is 0.242 e. The number of hydrogen-bond acceptors (Lipinski definition) is 2. The van der Waals surface area contributed by atoms with Gasteiger partial charge in [-0.15, -0.1) is 11.6 Å². The maximum absolute atomic E-state index is 11.5. The second-order valence-electron chi connectivity index (χ2n) is 3.99. The largest absolute Gasteiger partial charge is 0.326 e. The van der Waals surface area contributed by atoms with Crippen molar-refractivity contribution in [1.82, 2.24) is 0 Å². The van der Waals surface area contributed by atoms with Crippen molar-refractivity contribution in [1.29, 1.82) is 0 Å². The minimum Gasteiger partial charge on any atom is -0.326 e. The van der Waals surface area contributed by atoms with Gasteiger partial charge in [-0.05, 0) is 31.5 Å². The molecule has 0 heterocycles. The van der Waals surface area contributed by atoms with Crippen molar-refractivity contribution in [2.75, 3.05) is 10.6 Å². The van der Waals surface area contributed by atoms with Crippen LogP contribution in [0.2, 0.25) is 0 Å². The second kappa shape index (κ2) is 6.40. The molecule has 2 amide bonds. The Kier molecular flexibility index (Phi) is 5.16. The molecule has 0 bridgehead atoms. The Morgan fingerprint density at radius 1 is 1.28 bits per heavy atom. The van der Waals surface area contributed by atoms with Crippen LogP contribution in [-0.2, 0) is 9.59 Å². The number of alkyl halides is 1. The first kappa shape index (κ1) is 14.5. The fraction of sp³-hybridized carbons (Fsp3) is 0.385. The van der Waals surface area contributed by atoms with Crippen LogP contribution in [0.25, 0.3) is 0 Å². The number of anilines is 2. The third kappa shape index (κ3) is 3.74. The van der Waals surface area contributed by atoms with Crippen molar-refractivity contribution < 1.29 is 9.59 Å². The van der Waals surface area contributed by atoms with Gasteiger partial charge >= 0.3 is 0 Å². The fourth-order valence-electron chi connectivity index (χ4n) is 1.38. The highest BCUT2D eigenvalue weighted by molar-refractivity contribution is 6.32. The maximum atomic E-state index is 11.5. The SMILES string of the molecule is CCC(=O)Nc1cccc(NC(=O)C(C)Cl)c1C. The minimum atomic E-state index is -0.599. The molecular weight excluding hydrogens is 252 g/mol. The highest BCUT2D eigenvalue weighted by atomic mass is 35.5. The molecule has 1 unspecified atom stereocenters. The molecule has 0 aromatic heterocycles. The lowest BCUT2D eigenvalue weighted by atomic mass is 10.1. The lowest BCUT2D eigenvalue weighted by Gasteiger charge is -2.13. The molecule has 0 aliphatic rings. The average Bonchev–Trinajstić information content (AvgIpc) is 2.33. The number of amides is 2. The van der Waals surface area contributed by atoms with E-state index in [0.29, 0.717) is 17.8 Å². The van der Waals surface area contributed by atoms with E-state index in [1.54, 1.807) is 32.0 Å². The van der Waals surface area contributed by atoms with Gasteiger partial charge in [-0.3, -0.25) is 9.59 Å². The highest BCUT2D eigenvalue weighted by Gasteiger charge is 2.12. The number of hydrogen-bond donors (Lipinski definition) is 2. The zero-order valence-corrected chi connectivity index (χ0v) is 11.5. The molecule has 0 saturated heterocycles. The summed E-state index contributed by atoms with van der Waals surface area (Å²) in [6, 6.07) is 5.34. The molecule has 4 nitrogen and oxygen atoms in total. The quantitative estimate of drug-likeness (QED) is 0.825. The van der Waals surface area contributed by atoms with E-state index < -0.39 is 5.38 Å². The molecule has 2 N–H and O–H groups in total. The van der Waals surface area contributed by atoms with E-state index in [1.165, 1.54) is 0 Å². The minimum absolute atomic E-state index is 0.0627. The van der Waals surface area contributed by atoms with Crippen LogP contribution >= 0.6 is 11.6 Å². The fourth-order valence-corrected chi connectivity index (χ4v) is 1.43. The Labute approximate surface area is 112 Å². The number of benzene rings is 1.